The second-order valence-corrected chi connectivity index (χ2v) is 3.93. The Kier molecular flexibility index (Phi) is 2.61. The maximum absolute atomic E-state index is 12.9. The van der Waals surface area contributed by atoms with Crippen molar-refractivity contribution >= 4 is 17.3 Å². The molecule has 0 amide bonds. The van der Waals surface area contributed by atoms with Crippen LogP contribution in [0.4, 0.5) is 10.1 Å². The van der Waals surface area contributed by atoms with Crippen molar-refractivity contribution in [3.8, 4) is 0 Å². The number of anilines is 1. The molecule has 14 heavy (non-hydrogen) atoms. The predicted molar refractivity (Wildman–Crippen MR) is 56.5 cm³/mol. The van der Waals surface area contributed by atoms with Gasteiger partial charge < -0.3 is 10.2 Å². The Morgan fingerprint density at radius 2 is 2.21 bits per heavy atom. The summed E-state index contributed by atoms with van der Waals surface area (Å²) in [6.45, 7) is 1.96. The van der Waals surface area contributed by atoms with Crippen LogP contribution in [0.15, 0.2) is 18.2 Å². The topological polar surface area (TPSA) is 15.3 Å². The van der Waals surface area contributed by atoms with Crippen LogP contribution in [-0.2, 0) is 0 Å². The molecular formula is C10H12ClFN2. The Morgan fingerprint density at radius 1 is 1.50 bits per heavy atom. The molecule has 0 bridgehead atoms. The van der Waals surface area contributed by atoms with Crippen LogP contribution in [0, 0.1) is 5.82 Å². The number of nitrogens with zero attached hydrogens (tertiary/aromatic N) is 1. The number of hydrogen-bond acceptors (Lipinski definition) is 2. The highest BCUT2D eigenvalue weighted by molar-refractivity contribution is 6.31. The SMILES string of the molecule is CN(c1ccc(F)c(Cl)c1)C1CNC1. The normalized spacial score (nSPS) is 16.5. The summed E-state index contributed by atoms with van der Waals surface area (Å²) in [5.74, 6) is -0.365. The Labute approximate surface area is 87.7 Å². The van der Waals surface area contributed by atoms with Gasteiger partial charge in [0.1, 0.15) is 5.82 Å². The van der Waals surface area contributed by atoms with Crippen molar-refractivity contribution in [2.24, 2.45) is 0 Å². The number of benzene rings is 1. The third kappa shape index (κ3) is 1.70. The number of rotatable bonds is 2. The zero-order valence-electron chi connectivity index (χ0n) is 7.93. The van der Waals surface area contributed by atoms with E-state index in [0.29, 0.717) is 6.04 Å². The highest BCUT2D eigenvalue weighted by Gasteiger charge is 2.21. The van der Waals surface area contributed by atoms with Crippen LogP contribution >= 0.6 is 11.6 Å². The summed E-state index contributed by atoms with van der Waals surface area (Å²) in [6.07, 6.45) is 0. The molecule has 2 nitrogen and oxygen atoms in total. The van der Waals surface area contributed by atoms with Crippen molar-refractivity contribution < 1.29 is 4.39 Å². The van der Waals surface area contributed by atoms with Crippen molar-refractivity contribution in [3.63, 3.8) is 0 Å². The summed E-state index contributed by atoms with van der Waals surface area (Å²) in [5, 5.41) is 3.37. The van der Waals surface area contributed by atoms with Gasteiger partial charge in [0.2, 0.25) is 0 Å². The molecule has 1 heterocycles. The van der Waals surface area contributed by atoms with Crippen molar-refractivity contribution in [1.82, 2.24) is 5.32 Å². The zero-order chi connectivity index (χ0) is 10.1. The lowest BCUT2D eigenvalue weighted by atomic mass is 10.1. The first-order valence-electron chi connectivity index (χ1n) is 4.57. The van der Waals surface area contributed by atoms with Gasteiger partial charge in [-0.2, -0.15) is 0 Å². The van der Waals surface area contributed by atoms with Gasteiger partial charge in [-0.25, -0.2) is 4.39 Å². The lowest BCUT2D eigenvalue weighted by Gasteiger charge is -2.37. The van der Waals surface area contributed by atoms with E-state index in [-0.39, 0.29) is 10.8 Å². The Hall–Kier alpha value is -0.800. The van der Waals surface area contributed by atoms with E-state index in [9.17, 15) is 4.39 Å². The highest BCUT2D eigenvalue weighted by atomic mass is 35.5. The first-order chi connectivity index (χ1) is 6.68. The number of hydrogen-bond donors (Lipinski definition) is 1. The van der Waals surface area contributed by atoms with Gasteiger partial charge >= 0.3 is 0 Å². The molecule has 1 saturated heterocycles. The van der Waals surface area contributed by atoms with E-state index in [0.717, 1.165) is 18.8 Å². The summed E-state index contributed by atoms with van der Waals surface area (Å²) in [6, 6.07) is 5.31. The van der Waals surface area contributed by atoms with Gasteiger partial charge in [0.15, 0.2) is 0 Å². The number of likely N-dealkylation sites (N-methyl/N-ethyl adjacent to an activating group) is 1. The number of halogens is 2. The number of nitrogens with one attached hydrogen (secondary N) is 1. The lowest BCUT2D eigenvalue weighted by Crippen LogP contribution is -2.56. The molecule has 0 unspecified atom stereocenters. The molecular weight excluding hydrogens is 203 g/mol. The molecule has 1 aliphatic rings. The van der Waals surface area contributed by atoms with Crippen LogP contribution in [0.25, 0.3) is 0 Å². The largest absolute Gasteiger partial charge is 0.369 e. The minimum absolute atomic E-state index is 0.182. The smallest absolute Gasteiger partial charge is 0.141 e. The third-order valence-corrected chi connectivity index (χ3v) is 2.91. The first-order valence-corrected chi connectivity index (χ1v) is 4.95. The van der Waals surface area contributed by atoms with Gasteiger partial charge in [0, 0.05) is 25.8 Å². The standard InChI is InChI=1S/C10H12ClFN2/c1-14(8-5-13-6-8)7-2-3-10(12)9(11)4-7/h2-4,8,13H,5-6H2,1H3. The summed E-state index contributed by atoms with van der Waals surface area (Å²) < 4.78 is 12.9. The average molecular weight is 215 g/mol. The fraction of sp³-hybridized carbons (Fsp3) is 0.400. The fourth-order valence-corrected chi connectivity index (χ4v) is 1.64. The molecule has 4 heteroatoms. The monoisotopic (exact) mass is 214 g/mol. The van der Waals surface area contributed by atoms with Crippen LogP contribution in [-0.4, -0.2) is 26.2 Å². The molecule has 1 N–H and O–H groups in total. The third-order valence-electron chi connectivity index (χ3n) is 2.62. The van der Waals surface area contributed by atoms with Gasteiger partial charge in [-0.1, -0.05) is 11.6 Å². The molecule has 1 aliphatic heterocycles. The molecule has 0 radical (unpaired) electrons. The second kappa shape index (κ2) is 3.75. The molecule has 0 saturated carbocycles. The van der Waals surface area contributed by atoms with E-state index >= 15 is 0 Å². The van der Waals surface area contributed by atoms with Gasteiger partial charge in [-0.15, -0.1) is 0 Å². The van der Waals surface area contributed by atoms with Crippen LogP contribution in [0.3, 0.4) is 0 Å². The minimum atomic E-state index is -0.365. The fourth-order valence-electron chi connectivity index (χ4n) is 1.46. The second-order valence-electron chi connectivity index (χ2n) is 3.52. The highest BCUT2D eigenvalue weighted by Crippen LogP contribution is 2.23. The zero-order valence-corrected chi connectivity index (χ0v) is 8.68. The van der Waals surface area contributed by atoms with Crippen LogP contribution in [0.1, 0.15) is 0 Å². The molecule has 0 atom stereocenters. The van der Waals surface area contributed by atoms with Crippen LogP contribution in [0.5, 0.6) is 0 Å². The van der Waals surface area contributed by atoms with Gasteiger partial charge in [0.05, 0.1) is 11.1 Å². The molecule has 0 spiro atoms. The van der Waals surface area contributed by atoms with E-state index in [4.69, 9.17) is 11.6 Å². The van der Waals surface area contributed by atoms with E-state index < -0.39 is 0 Å². The van der Waals surface area contributed by atoms with Crippen molar-refractivity contribution in [1.29, 1.82) is 0 Å². The summed E-state index contributed by atoms with van der Waals surface area (Å²) in [4.78, 5) is 2.11. The van der Waals surface area contributed by atoms with Crippen molar-refractivity contribution in [2.75, 3.05) is 25.0 Å². The Bertz CT molecular complexity index is 339. The average Bonchev–Trinajstić information content (AvgIpc) is 2.06. The van der Waals surface area contributed by atoms with Gasteiger partial charge in [-0.05, 0) is 18.2 Å². The molecule has 2 rings (SSSR count). The predicted octanol–water partition coefficient (Wildman–Crippen LogP) is 1.89. The molecule has 1 aromatic carbocycles. The van der Waals surface area contributed by atoms with Crippen molar-refractivity contribution in [3.05, 3.63) is 29.0 Å². The quantitative estimate of drug-likeness (QED) is 0.809. The summed E-state index contributed by atoms with van der Waals surface area (Å²) >= 11 is 5.71. The van der Waals surface area contributed by atoms with E-state index in [2.05, 4.69) is 10.2 Å². The van der Waals surface area contributed by atoms with E-state index in [1.54, 1.807) is 12.1 Å². The summed E-state index contributed by atoms with van der Waals surface area (Å²) in [7, 11) is 2.00. The van der Waals surface area contributed by atoms with Crippen molar-refractivity contribution in [2.45, 2.75) is 6.04 Å². The lowest BCUT2D eigenvalue weighted by molar-refractivity contribution is 0.428. The Morgan fingerprint density at radius 3 is 2.71 bits per heavy atom. The van der Waals surface area contributed by atoms with Gasteiger partial charge in [-0.3, -0.25) is 0 Å². The molecule has 0 aliphatic carbocycles. The molecule has 1 fully saturated rings. The Balaban J connectivity index is 2.18. The molecule has 1 aromatic rings. The minimum Gasteiger partial charge on any atom is -0.369 e. The first kappa shape index (κ1) is 9.74. The van der Waals surface area contributed by atoms with Gasteiger partial charge in [0.25, 0.3) is 0 Å². The summed E-state index contributed by atoms with van der Waals surface area (Å²) in [5.41, 5.74) is 0.961. The maximum Gasteiger partial charge on any atom is 0.141 e. The van der Waals surface area contributed by atoms with Crippen LogP contribution in [0.2, 0.25) is 5.02 Å². The molecule has 0 aromatic heterocycles. The molecule has 76 valence electrons. The maximum atomic E-state index is 12.9. The van der Waals surface area contributed by atoms with Crippen LogP contribution < -0.4 is 10.2 Å². The van der Waals surface area contributed by atoms with E-state index in [1.165, 1.54) is 6.07 Å². The van der Waals surface area contributed by atoms with E-state index in [1.807, 2.05) is 7.05 Å².